The lowest BCUT2D eigenvalue weighted by Gasteiger charge is -2.35. The highest BCUT2D eigenvalue weighted by Gasteiger charge is 2.31. The average Bonchev–Trinajstić information content (AvgIpc) is 3.29. The summed E-state index contributed by atoms with van der Waals surface area (Å²) in [5.41, 5.74) is 6.73. The largest absolute Gasteiger partial charge is 0.480 e. The number of likely N-dealkylation sites (N-methyl/N-ethyl adjacent to an activating group) is 1. The molecule has 0 radical (unpaired) electrons. The van der Waals surface area contributed by atoms with Gasteiger partial charge in [-0.1, -0.05) is 49.4 Å². The first-order chi connectivity index (χ1) is 31.8. The molecular weight excluding hydrogens is 851 g/mol. The van der Waals surface area contributed by atoms with Crippen LogP contribution in [-0.4, -0.2) is 187 Å². The third kappa shape index (κ3) is 18.6. The Labute approximate surface area is 388 Å². The van der Waals surface area contributed by atoms with Crippen LogP contribution >= 0.6 is 0 Å². The predicted octanol–water partition coefficient (Wildman–Crippen LogP) is 0.794. The van der Waals surface area contributed by atoms with Crippen LogP contribution in [0.15, 0.2) is 42.5 Å². The molecule has 4 rings (SSSR count). The van der Waals surface area contributed by atoms with Crippen molar-refractivity contribution in [3.05, 3.63) is 48.0 Å². The highest BCUT2D eigenvalue weighted by molar-refractivity contribution is 5.89. The SMILES string of the molecule is CCN1CCN(CCN)CCN(CC(=O)O)CCN(C(CCC(=O)NCC2CCC(C(=O)NC(Cc3ccc4ccccc4c3)C(=O)NCCCCC(NC=O)C(=O)O)CC2)C(=O)O)CC1. The van der Waals surface area contributed by atoms with E-state index in [1.165, 1.54) is 0 Å². The maximum atomic E-state index is 13.7. The lowest BCUT2D eigenvalue weighted by molar-refractivity contribution is -0.144. The molecule has 2 aromatic carbocycles. The topological polar surface area (TPSA) is 267 Å². The molecule has 66 heavy (non-hydrogen) atoms. The molecule has 9 N–H and O–H groups in total. The molecule has 3 unspecified atom stereocenters. The number of hydrogen-bond donors (Lipinski definition) is 8. The number of benzene rings is 2. The zero-order valence-electron chi connectivity index (χ0n) is 38.5. The fraction of sp³-hybridized carbons (Fsp3) is 0.638. The second kappa shape index (κ2) is 28.7. The number of carbonyl (C=O) groups is 7. The smallest absolute Gasteiger partial charge is 0.326 e. The molecule has 1 aliphatic heterocycles. The van der Waals surface area contributed by atoms with Crippen molar-refractivity contribution in [2.45, 2.75) is 89.3 Å². The van der Waals surface area contributed by atoms with Gasteiger partial charge in [0.25, 0.3) is 0 Å². The molecule has 2 fully saturated rings. The molecule has 0 bridgehead atoms. The van der Waals surface area contributed by atoms with Crippen molar-refractivity contribution in [1.82, 2.24) is 40.9 Å². The van der Waals surface area contributed by atoms with E-state index in [0.29, 0.717) is 104 Å². The van der Waals surface area contributed by atoms with Gasteiger partial charge in [-0.3, -0.25) is 43.5 Å². The molecular formula is C47H73N9O10. The Hall–Kier alpha value is -5.21. The first-order valence-corrected chi connectivity index (χ1v) is 23.6. The maximum Gasteiger partial charge on any atom is 0.326 e. The van der Waals surface area contributed by atoms with E-state index in [1.54, 1.807) is 0 Å². The second-order valence-electron chi connectivity index (χ2n) is 17.6. The Kier molecular flexibility index (Phi) is 23.3. The molecule has 2 aliphatic rings. The molecule has 19 heteroatoms. The summed E-state index contributed by atoms with van der Waals surface area (Å²) in [6.07, 6.45) is 4.40. The molecule has 366 valence electrons. The van der Waals surface area contributed by atoms with E-state index in [9.17, 15) is 48.9 Å². The lowest BCUT2D eigenvalue weighted by Crippen LogP contribution is -2.51. The molecule has 1 aliphatic carbocycles. The molecule has 1 heterocycles. The van der Waals surface area contributed by atoms with Crippen LogP contribution in [0.5, 0.6) is 0 Å². The molecule has 4 amide bonds. The van der Waals surface area contributed by atoms with Gasteiger partial charge in [0, 0.05) is 97.3 Å². The average molecular weight is 924 g/mol. The quantitative estimate of drug-likeness (QED) is 0.0506. The van der Waals surface area contributed by atoms with Gasteiger partial charge < -0.3 is 47.2 Å². The summed E-state index contributed by atoms with van der Waals surface area (Å²) in [4.78, 5) is 95.1. The van der Waals surface area contributed by atoms with Crippen LogP contribution in [0, 0.1) is 11.8 Å². The Morgan fingerprint density at radius 1 is 0.773 bits per heavy atom. The van der Waals surface area contributed by atoms with Gasteiger partial charge in [0.1, 0.15) is 18.1 Å². The van der Waals surface area contributed by atoms with E-state index >= 15 is 0 Å². The number of nitrogens with zero attached hydrogens (tertiary/aromatic N) is 4. The van der Waals surface area contributed by atoms with Crippen LogP contribution in [0.25, 0.3) is 10.8 Å². The number of rotatable bonds is 25. The number of nitrogens with two attached hydrogens (primary N) is 1. The minimum absolute atomic E-state index is 0.0104. The Balaban J connectivity index is 1.28. The first-order valence-electron chi connectivity index (χ1n) is 23.6. The highest BCUT2D eigenvalue weighted by atomic mass is 16.4. The van der Waals surface area contributed by atoms with Crippen molar-refractivity contribution in [3.8, 4) is 0 Å². The summed E-state index contributed by atoms with van der Waals surface area (Å²) in [5, 5.41) is 42.5. The number of carboxylic acids is 3. The summed E-state index contributed by atoms with van der Waals surface area (Å²) in [5.74, 6) is -4.11. The van der Waals surface area contributed by atoms with E-state index in [4.69, 9.17) is 5.73 Å². The monoisotopic (exact) mass is 924 g/mol. The standard InChI is InChI=1S/C47H73N9O10/c1-2-53-21-22-54(20-18-48)23-24-55(32-43(59)60)26-28-56(27-25-53)41(47(65)66)16-17-42(58)50-31-34-10-14-37(15-11-34)44(61)52-40(30-35-12-13-36-7-3-4-8-38(36)29-35)45(62)49-19-6-5-9-39(46(63)64)51-33-57/h3-4,7-8,12-13,29,33-34,37,39-41H,2,5-6,9-11,14-28,30-32,48H2,1H3,(H,49,62)(H,50,58)(H,51,57)(H,52,61)(H,59,60)(H,63,64)(H,65,66). The first kappa shape index (κ1) is 53.4. The van der Waals surface area contributed by atoms with Crippen molar-refractivity contribution < 1.29 is 48.9 Å². The summed E-state index contributed by atoms with van der Waals surface area (Å²) in [6.45, 7) is 9.04. The molecule has 3 atom stereocenters. The normalized spacial score (nSPS) is 19.8. The number of hydrogen-bond acceptors (Lipinski definition) is 12. The van der Waals surface area contributed by atoms with Crippen molar-refractivity contribution in [1.29, 1.82) is 0 Å². The third-order valence-corrected chi connectivity index (χ3v) is 13.0. The Bertz CT molecular complexity index is 1880. The third-order valence-electron chi connectivity index (χ3n) is 13.0. The number of carboxylic acid groups (broad SMARTS) is 3. The molecule has 1 saturated carbocycles. The van der Waals surface area contributed by atoms with Gasteiger partial charge in [-0.15, -0.1) is 0 Å². The number of fused-ring (bicyclic) bond motifs is 1. The Morgan fingerprint density at radius 2 is 1.44 bits per heavy atom. The summed E-state index contributed by atoms with van der Waals surface area (Å²) in [6, 6.07) is 11.0. The van der Waals surface area contributed by atoms with Crippen molar-refractivity contribution in [3.63, 3.8) is 0 Å². The molecule has 19 nitrogen and oxygen atoms in total. The van der Waals surface area contributed by atoms with Crippen molar-refractivity contribution in [2.24, 2.45) is 17.6 Å². The molecule has 0 aromatic heterocycles. The Morgan fingerprint density at radius 3 is 2.09 bits per heavy atom. The zero-order valence-corrected chi connectivity index (χ0v) is 38.5. The highest BCUT2D eigenvalue weighted by Crippen LogP contribution is 2.29. The van der Waals surface area contributed by atoms with E-state index in [-0.39, 0.29) is 68.3 Å². The molecule has 2 aromatic rings. The molecule has 0 spiro atoms. The number of carbonyl (C=O) groups excluding carboxylic acids is 4. The minimum atomic E-state index is -1.13. The maximum absolute atomic E-state index is 13.7. The number of aliphatic carboxylic acids is 3. The van der Waals surface area contributed by atoms with Gasteiger partial charge in [-0.05, 0) is 80.2 Å². The number of nitrogens with one attached hydrogen (secondary N) is 4. The van der Waals surface area contributed by atoms with E-state index < -0.39 is 36.0 Å². The van der Waals surface area contributed by atoms with E-state index in [2.05, 4.69) is 38.0 Å². The van der Waals surface area contributed by atoms with Crippen LogP contribution in [0.4, 0.5) is 0 Å². The van der Waals surface area contributed by atoms with Crippen LogP contribution < -0.4 is 27.0 Å². The minimum Gasteiger partial charge on any atom is -0.480 e. The van der Waals surface area contributed by atoms with Crippen LogP contribution in [0.2, 0.25) is 0 Å². The molecule has 1 saturated heterocycles. The fourth-order valence-electron chi connectivity index (χ4n) is 8.91. The van der Waals surface area contributed by atoms with Gasteiger partial charge in [0.15, 0.2) is 0 Å². The number of amides is 4. The van der Waals surface area contributed by atoms with E-state index in [1.807, 2.05) is 52.3 Å². The summed E-state index contributed by atoms with van der Waals surface area (Å²) in [7, 11) is 0. The second-order valence-corrected chi connectivity index (χ2v) is 17.6. The van der Waals surface area contributed by atoms with Gasteiger partial charge in [0.2, 0.25) is 24.1 Å². The van der Waals surface area contributed by atoms with Crippen molar-refractivity contribution in [2.75, 3.05) is 91.6 Å². The zero-order chi connectivity index (χ0) is 47.8. The van der Waals surface area contributed by atoms with Crippen LogP contribution in [0.1, 0.15) is 70.3 Å². The van der Waals surface area contributed by atoms with Crippen LogP contribution in [-0.2, 0) is 40.0 Å². The van der Waals surface area contributed by atoms with Gasteiger partial charge >= 0.3 is 17.9 Å². The summed E-state index contributed by atoms with van der Waals surface area (Å²) >= 11 is 0. The van der Waals surface area contributed by atoms with Gasteiger partial charge in [-0.25, -0.2) is 4.79 Å². The summed E-state index contributed by atoms with van der Waals surface area (Å²) < 4.78 is 0. The van der Waals surface area contributed by atoms with Crippen molar-refractivity contribution >= 4 is 52.8 Å². The predicted molar refractivity (Wildman–Crippen MR) is 249 cm³/mol. The van der Waals surface area contributed by atoms with Gasteiger partial charge in [0.05, 0.1) is 6.54 Å². The van der Waals surface area contributed by atoms with Gasteiger partial charge in [-0.2, -0.15) is 0 Å². The van der Waals surface area contributed by atoms with Crippen LogP contribution in [0.3, 0.4) is 0 Å². The fourth-order valence-corrected chi connectivity index (χ4v) is 8.91. The van der Waals surface area contributed by atoms with E-state index in [0.717, 1.165) is 36.0 Å². The number of unbranched alkanes of at least 4 members (excludes halogenated alkanes) is 1. The lowest BCUT2D eigenvalue weighted by atomic mass is 9.81.